The minimum Gasteiger partial charge on any atom is -0.289 e. The van der Waals surface area contributed by atoms with Crippen LogP contribution in [0.4, 0.5) is 5.69 Å². The standard InChI is InChI=1S/C16H11N3O2S.BrH/c1-10-2-4-11(5-3-10)13-9-18-14-8-12(19(20)21)6-7-15(14)22-16(18)17-13;/h2-9H,1H3;1H. The first-order chi connectivity index (χ1) is 10.6. The third kappa shape index (κ3) is 2.62. The zero-order chi connectivity index (χ0) is 15.3. The number of benzene rings is 2. The number of fused-ring (bicyclic) bond motifs is 3. The lowest BCUT2D eigenvalue weighted by Crippen LogP contribution is -1.87. The van der Waals surface area contributed by atoms with Gasteiger partial charge in [-0.2, -0.15) is 0 Å². The number of imidazole rings is 1. The summed E-state index contributed by atoms with van der Waals surface area (Å²) in [6.07, 6.45) is 1.93. The molecule has 5 nitrogen and oxygen atoms in total. The molecule has 0 amide bonds. The number of thiazole rings is 1. The number of nitro groups is 1. The highest BCUT2D eigenvalue weighted by Crippen LogP contribution is 2.31. The summed E-state index contributed by atoms with van der Waals surface area (Å²) in [5, 5.41) is 10.9. The van der Waals surface area contributed by atoms with Crippen LogP contribution < -0.4 is 0 Å². The van der Waals surface area contributed by atoms with E-state index in [0.29, 0.717) is 0 Å². The van der Waals surface area contributed by atoms with Crippen LogP contribution in [0.3, 0.4) is 0 Å². The Morgan fingerprint density at radius 3 is 2.61 bits per heavy atom. The minimum absolute atomic E-state index is 0. The van der Waals surface area contributed by atoms with E-state index in [1.165, 1.54) is 23.0 Å². The summed E-state index contributed by atoms with van der Waals surface area (Å²) in [4.78, 5) is 16.0. The summed E-state index contributed by atoms with van der Waals surface area (Å²) < 4.78 is 2.91. The van der Waals surface area contributed by atoms with E-state index in [4.69, 9.17) is 0 Å². The van der Waals surface area contributed by atoms with Crippen LogP contribution in [-0.2, 0) is 0 Å². The van der Waals surface area contributed by atoms with Gasteiger partial charge in [0.05, 0.1) is 20.8 Å². The maximum atomic E-state index is 10.9. The molecule has 0 N–H and O–H groups in total. The first kappa shape index (κ1) is 15.6. The molecule has 0 saturated heterocycles. The number of aryl methyl sites for hydroxylation is 1. The SMILES string of the molecule is Br.Cc1ccc(-c2cn3c(n2)sc2ccc([N+](=O)[O-])cc23)cc1. The third-order valence-corrected chi connectivity index (χ3v) is 4.67. The highest BCUT2D eigenvalue weighted by Gasteiger charge is 2.13. The molecule has 0 radical (unpaired) electrons. The van der Waals surface area contributed by atoms with E-state index in [1.54, 1.807) is 12.1 Å². The van der Waals surface area contributed by atoms with Gasteiger partial charge < -0.3 is 0 Å². The van der Waals surface area contributed by atoms with Crippen LogP contribution in [0.25, 0.3) is 26.4 Å². The van der Waals surface area contributed by atoms with Gasteiger partial charge >= 0.3 is 0 Å². The Hall–Kier alpha value is -2.25. The molecule has 0 aliphatic rings. The molecule has 116 valence electrons. The maximum Gasteiger partial charge on any atom is 0.271 e. The van der Waals surface area contributed by atoms with Crippen molar-refractivity contribution in [1.29, 1.82) is 0 Å². The van der Waals surface area contributed by atoms with Gasteiger partial charge in [-0.15, -0.1) is 17.0 Å². The number of aromatic nitrogens is 2. The number of hydrogen-bond donors (Lipinski definition) is 0. The van der Waals surface area contributed by atoms with E-state index in [0.717, 1.165) is 26.4 Å². The first-order valence-electron chi connectivity index (χ1n) is 6.75. The van der Waals surface area contributed by atoms with Crippen LogP contribution >= 0.6 is 28.3 Å². The van der Waals surface area contributed by atoms with E-state index >= 15 is 0 Å². The van der Waals surface area contributed by atoms with Crippen molar-refractivity contribution in [2.24, 2.45) is 0 Å². The van der Waals surface area contributed by atoms with E-state index in [1.807, 2.05) is 41.8 Å². The fraction of sp³-hybridized carbons (Fsp3) is 0.0625. The van der Waals surface area contributed by atoms with Gasteiger partial charge in [-0.1, -0.05) is 41.2 Å². The lowest BCUT2D eigenvalue weighted by molar-refractivity contribution is -0.384. The monoisotopic (exact) mass is 389 g/mol. The molecule has 4 aromatic rings. The molecule has 2 aromatic carbocycles. The van der Waals surface area contributed by atoms with E-state index in [-0.39, 0.29) is 27.6 Å². The van der Waals surface area contributed by atoms with Gasteiger partial charge in [-0.3, -0.25) is 14.5 Å². The highest BCUT2D eigenvalue weighted by atomic mass is 79.9. The molecule has 0 fully saturated rings. The summed E-state index contributed by atoms with van der Waals surface area (Å²) in [6, 6.07) is 13.1. The molecule has 0 saturated carbocycles. The molecule has 23 heavy (non-hydrogen) atoms. The van der Waals surface area contributed by atoms with E-state index in [2.05, 4.69) is 4.98 Å². The highest BCUT2D eigenvalue weighted by molar-refractivity contribution is 8.93. The van der Waals surface area contributed by atoms with Crippen LogP contribution in [0.5, 0.6) is 0 Å². The molecule has 4 rings (SSSR count). The fourth-order valence-corrected chi connectivity index (χ4v) is 3.45. The minimum atomic E-state index is -0.374. The average molecular weight is 390 g/mol. The normalized spacial score (nSPS) is 10.8. The lowest BCUT2D eigenvalue weighted by Gasteiger charge is -1.97. The topological polar surface area (TPSA) is 60.4 Å². The molecule has 0 spiro atoms. The molecule has 7 heteroatoms. The summed E-state index contributed by atoms with van der Waals surface area (Å²) in [7, 11) is 0. The quantitative estimate of drug-likeness (QED) is 0.357. The molecule has 2 aromatic heterocycles. The predicted octanol–water partition coefficient (Wildman–Crippen LogP) is 5.01. The van der Waals surface area contributed by atoms with Crippen LogP contribution in [0.15, 0.2) is 48.7 Å². The van der Waals surface area contributed by atoms with Crippen molar-refractivity contribution in [2.45, 2.75) is 6.92 Å². The zero-order valence-electron chi connectivity index (χ0n) is 12.1. The second-order valence-electron chi connectivity index (χ2n) is 5.16. The molecule has 0 unspecified atom stereocenters. The average Bonchev–Trinajstić information content (AvgIpc) is 3.05. The number of halogens is 1. The molecule has 0 aliphatic carbocycles. The molecule has 0 aliphatic heterocycles. The Morgan fingerprint density at radius 2 is 1.91 bits per heavy atom. The number of non-ortho nitro benzene ring substituents is 1. The second kappa shape index (κ2) is 5.75. The van der Waals surface area contributed by atoms with Gasteiger partial charge in [0.15, 0.2) is 4.96 Å². The van der Waals surface area contributed by atoms with Gasteiger partial charge in [0, 0.05) is 23.9 Å². The van der Waals surface area contributed by atoms with E-state index in [9.17, 15) is 10.1 Å². The Labute approximate surface area is 146 Å². The lowest BCUT2D eigenvalue weighted by atomic mass is 10.1. The van der Waals surface area contributed by atoms with Crippen molar-refractivity contribution in [2.75, 3.05) is 0 Å². The van der Waals surface area contributed by atoms with Gasteiger partial charge in [0.25, 0.3) is 5.69 Å². The summed E-state index contributed by atoms with van der Waals surface area (Å²) >= 11 is 1.53. The predicted molar refractivity (Wildman–Crippen MR) is 97.7 cm³/mol. The van der Waals surface area contributed by atoms with Crippen LogP contribution in [0.1, 0.15) is 5.56 Å². The second-order valence-corrected chi connectivity index (χ2v) is 6.17. The fourth-order valence-electron chi connectivity index (χ4n) is 2.46. The maximum absolute atomic E-state index is 10.9. The van der Waals surface area contributed by atoms with Crippen molar-refractivity contribution in [3.05, 3.63) is 64.3 Å². The van der Waals surface area contributed by atoms with Gasteiger partial charge in [0.1, 0.15) is 0 Å². The Balaban J connectivity index is 0.00000156. The van der Waals surface area contributed by atoms with Gasteiger partial charge in [0.2, 0.25) is 0 Å². The van der Waals surface area contributed by atoms with Crippen LogP contribution in [0.2, 0.25) is 0 Å². The van der Waals surface area contributed by atoms with Crippen molar-refractivity contribution < 1.29 is 4.92 Å². The van der Waals surface area contributed by atoms with Crippen molar-refractivity contribution >= 4 is 49.2 Å². The summed E-state index contributed by atoms with van der Waals surface area (Å²) in [5.41, 5.74) is 4.03. The Bertz CT molecular complexity index is 1020. The first-order valence-corrected chi connectivity index (χ1v) is 7.56. The molecule has 2 heterocycles. The Kier molecular flexibility index (Phi) is 3.91. The zero-order valence-corrected chi connectivity index (χ0v) is 14.6. The number of rotatable bonds is 2. The van der Waals surface area contributed by atoms with Crippen LogP contribution in [0, 0.1) is 17.0 Å². The van der Waals surface area contributed by atoms with Gasteiger partial charge in [-0.05, 0) is 13.0 Å². The van der Waals surface area contributed by atoms with Crippen molar-refractivity contribution in [3.63, 3.8) is 0 Å². The molecular formula is C16H12BrN3O2S. The smallest absolute Gasteiger partial charge is 0.271 e. The molecular weight excluding hydrogens is 378 g/mol. The molecule has 0 atom stereocenters. The van der Waals surface area contributed by atoms with Gasteiger partial charge in [-0.25, -0.2) is 4.98 Å². The Morgan fingerprint density at radius 1 is 1.17 bits per heavy atom. The van der Waals surface area contributed by atoms with Crippen LogP contribution in [-0.4, -0.2) is 14.3 Å². The van der Waals surface area contributed by atoms with Crippen molar-refractivity contribution in [3.8, 4) is 11.3 Å². The van der Waals surface area contributed by atoms with Crippen molar-refractivity contribution in [1.82, 2.24) is 9.38 Å². The number of nitro benzene ring substituents is 1. The summed E-state index contributed by atoms with van der Waals surface area (Å²) in [6.45, 7) is 2.04. The van der Waals surface area contributed by atoms with E-state index < -0.39 is 0 Å². The molecule has 0 bridgehead atoms. The number of hydrogen-bond acceptors (Lipinski definition) is 4. The number of nitrogens with zero attached hydrogens (tertiary/aromatic N) is 3. The third-order valence-electron chi connectivity index (χ3n) is 3.64. The summed E-state index contributed by atoms with van der Waals surface area (Å²) in [5.74, 6) is 0. The largest absolute Gasteiger partial charge is 0.289 e.